The highest BCUT2D eigenvalue weighted by molar-refractivity contribution is 5.30. The Morgan fingerprint density at radius 2 is 1.91 bits per heavy atom. The second kappa shape index (κ2) is 6.60. The van der Waals surface area contributed by atoms with Gasteiger partial charge in [0.1, 0.15) is 11.6 Å². The minimum absolute atomic E-state index is 0.0818. The molecule has 0 nitrogen and oxygen atoms in total. The summed E-state index contributed by atoms with van der Waals surface area (Å²) in [5.74, 6) is 0.293. The van der Waals surface area contributed by atoms with Crippen LogP contribution in [0.1, 0.15) is 42.0 Å². The lowest BCUT2D eigenvalue weighted by Crippen LogP contribution is -2.15. The van der Waals surface area contributed by atoms with Crippen molar-refractivity contribution in [2.75, 3.05) is 0 Å². The van der Waals surface area contributed by atoms with Crippen molar-refractivity contribution in [2.45, 2.75) is 45.4 Å². The Balaban J connectivity index is 1.63. The van der Waals surface area contributed by atoms with Gasteiger partial charge in [0.05, 0.1) is 0 Å². The normalized spacial score (nSPS) is 17.3. The van der Waals surface area contributed by atoms with Crippen LogP contribution < -0.4 is 0 Å². The summed E-state index contributed by atoms with van der Waals surface area (Å²) in [5.41, 5.74) is 4.26. The van der Waals surface area contributed by atoms with Gasteiger partial charge >= 0.3 is 0 Å². The number of fused-ring (bicyclic) bond motifs is 1. The maximum Gasteiger partial charge on any atom is 0.126 e. The Hall–Kier alpha value is -1.70. The van der Waals surface area contributed by atoms with Gasteiger partial charge in [0.25, 0.3) is 0 Å². The largest absolute Gasteiger partial charge is 0.207 e. The molecule has 2 aromatic rings. The Morgan fingerprint density at radius 3 is 2.68 bits per heavy atom. The van der Waals surface area contributed by atoms with Crippen LogP contribution in [0.2, 0.25) is 0 Å². The fourth-order valence-corrected chi connectivity index (χ4v) is 3.42. The van der Waals surface area contributed by atoms with Crippen LogP contribution in [0.15, 0.2) is 36.4 Å². The molecular formula is C20H22F2. The molecule has 116 valence electrons. The van der Waals surface area contributed by atoms with Gasteiger partial charge in [0.2, 0.25) is 0 Å². The molecule has 0 saturated carbocycles. The van der Waals surface area contributed by atoms with Gasteiger partial charge in [-0.3, -0.25) is 0 Å². The van der Waals surface area contributed by atoms with E-state index in [0.29, 0.717) is 5.92 Å². The number of hydrogen-bond donors (Lipinski definition) is 0. The molecule has 0 fully saturated rings. The third kappa shape index (κ3) is 3.37. The number of halogens is 2. The van der Waals surface area contributed by atoms with E-state index >= 15 is 0 Å². The molecule has 0 spiro atoms. The first-order valence-corrected chi connectivity index (χ1v) is 8.20. The Labute approximate surface area is 131 Å². The summed E-state index contributed by atoms with van der Waals surface area (Å²) in [7, 11) is 0. The molecule has 0 saturated heterocycles. The molecule has 0 bridgehead atoms. The molecule has 3 rings (SSSR count). The molecule has 1 atom stereocenters. The third-order valence-corrected chi connectivity index (χ3v) is 4.85. The lowest BCUT2D eigenvalue weighted by molar-refractivity contribution is 0.422. The first kappa shape index (κ1) is 15.2. The van der Waals surface area contributed by atoms with Gasteiger partial charge in [-0.2, -0.15) is 0 Å². The van der Waals surface area contributed by atoms with Crippen molar-refractivity contribution in [3.63, 3.8) is 0 Å². The fraction of sp³-hybridized carbons (Fsp3) is 0.400. The first-order valence-electron chi connectivity index (χ1n) is 8.20. The molecule has 22 heavy (non-hydrogen) atoms. The van der Waals surface area contributed by atoms with Crippen molar-refractivity contribution in [1.29, 1.82) is 0 Å². The molecular weight excluding hydrogens is 278 g/mol. The van der Waals surface area contributed by atoms with Crippen LogP contribution in [0, 0.1) is 17.6 Å². The monoisotopic (exact) mass is 300 g/mol. The van der Waals surface area contributed by atoms with E-state index in [2.05, 4.69) is 0 Å². The quantitative estimate of drug-likeness (QED) is 0.722. The highest BCUT2D eigenvalue weighted by atomic mass is 19.1. The van der Waals surface area contributed by atoms with Crippen LogP contribution in [0.3, 0.4) is 0 Å². The second-order valence-electron chi connectivity index (χ2n) is 6.34. The van der Waals surface area contributed by atoms with E-state index in [1.54, 1.807) is 18.2 Å². The van der Waals surface area contributed by atoms with Gasteiger partial charge < -0.3 is 0 Å². The van der Waals surface area contributed by atoms with Gasteiger partial charge in [-0.05, 0) is 84.9 Å². The summed E-state index contributed by atoms with van der Waals surface area (Å²) < 4.78 is 27.4. The molecule has 0 aromatic heterocycles. The highest BCUT2D eigenvalue weighted by Gasteiger charge is 2.19. The number of aryl methyl sites for hydroxylation is 3. The van der Waals surface area contributed by atoms with Crippen LogP contribution in [0.5, 0.6) is 0 Å². The zero-order chi connectivity index (χ0) is 15.5. The minimum Gasteiger partial charge on any atom is -0.207 e. The first-order chi connectivity index (χ1) is 10.7. The van der Waals surface area contributed by atoms with Crippen LogP contribution in [0.25, 0.3) is 0 Å². The van der Waals surface area contributed by atoms with Crippen molar-refractivity contribution in [3.05, 3.63) is 70.3 Å². The molecule has 1 aliphatic rings. The van der Waals surface area contributed by atoms with Gasteiger partial charge in [-0.25, -0.2) is 8.78 Å². The summed E-state index contributed by atoms with van der Waals surface area (Å²) in [4.78, 5) is 0. The van der Waals surface area contributed by atoms with Crippen molar-refractivity contribution in [2.24, 2.45) is 5.92 Å². The van der Waals surface area contributed by atoms with E-state index in [-0.39, 0.29) is 11.6 Å². The summed E-state index contributed by atoms with van der Waals surface area (Å²) in [6.45, 7) is 2.03. The van der Waals surface area contributed by atoms with E-state index in [9.17, 15) is 8.78 Å². The number of rotatable bonds is 4. The highest BCUT2D eigenvalue weighted by Crippen LogP contribution is 2.29. The zero-order valence-electron chi connectivity index (χ0n) is 13.0. The smallest absolute Gasteiger partial charge is 0.126 e. The average Bonchev–Trinajstić information content (AvgIpc) is 2.53. The van der Waals surface area contributed by atoms with E-state index in [1.165, 1.54) is 5.56 Å². The SMILES string of the molecule is CCc1ccc(CCC2CCc3ccc(F)cc3C2)c(F)c1. The molecule has 2 heteroatoms. The fourth-order valence-electron chi connectivity index (χ4n) is 3.42. The van der Waals surface area contributed by atoms with E-state index < -0.39 is 0 Å². The summed E-state index contributed by atoms with van der Waals surface area (Å²) in [5, 5.41) is 0. The van der Waals surface area contributed by atoms with E-state index in [0.717, 1.165) is 55.2 Å². The molecule has 1 unspecified atom stereocenters. The van der Waals surface area contributed by atoms with Crippen LogP contribution in [-0.2, 0) is 25.7 Å². The van der Waals surface area contributed by atoms with Crippen LogP contribution in [0.4, 0.5) is 8.78 Å². The van der Waals surface area contributed by atoms with Crippen molar-refractivity contribution < 1.29 is 8.78 Å². The standard InChI is InChI=1S/C20H22F2/c1-2-14-3-7-17(20(22)12-14)8-5-15-4-6-16-9-10-19(21)13-18(16)11-15/h3,7,9-10,12-13,15H,2,4-6,8,11H2,1H3. The maximum absolute atomic E-state index is 14.0. The molecule has 0 N–H and O–H groups in total. The summed E-state index contributed by atoms with van der Waals surface area (Å²) in [6, 6.07) is 10.7. The minimum atomic E-state index is -0.152. The summed E-state index contributed by atoms with van der Waals surface area (Å²) >= 11 is 0. The molecule has 0 amide bonds. The van der Waals surface area contributed by atoms with Gasteiger partial charge in [-0.1, -0.05) is 25.1 Å². The zero-order valence-corrected chi connectivity index (χ0v) is 13.0. The average molecular weight is 300 g/mol. The predicted molar refractivity (Wildman–Crippen MR) is 86.0 cm³/mol. The molecule has 2 aromatic carbocycles. The summed E-state index contributed by atoms with van der Waals surface area (Å²) in [6.07, 6.45) is 5.65. The second-order valence-corrected chi connectivity index (χ2v) is 6.34. The van der Waals surface area contributed by atoms with Gasteiger partial charge in [0, 0.05) is 0 Å². The molecule has 0 aliphatic heterocycles. The number of benzene rings is 2. The Bertz CT molecular complexity index is 661. The van der Waals surface area contributed by atoms with Crippen molar-refractivity contribution >= 4 is 0 Å². The molecule has 0 radical (unpaired) electrons. The van der Waals surface area contributed by atoms with E-state index in [1.807, 2.05) is 25.1 Å². The Morgan fingerprint density at radius 1 is 1.05 bits per heavy atom. The van der Waals surface area contributed by atoms with Gasteiger partial charge in [-0.15, -0.1) is 0 Å². The molecule has 0 heterocycles. The topological polar surface area (TPSA) is 0 Å². The Kier molecular flexibility index (Phi) is 4.56. The molecule has 1 aliphatic carbocycles. The van der Waals surface area contributed by atoms with Crippen molar-refractivity contribution in [3.8, 4) is 0 Å². The van der Waals surface area contributed by atoms with E-state index in [4.69, 9.17) is 0 Å². The van der Waals surface area contributed by atoms with Gasteiger partial charge in [0.15, 0.2) is 0 Å². The van der Waals surface area contributed by atoms with Crippen molar-refractivity contribution in [1.82, 2.24) is 0 Å². The lowest BCUT2D eigenvalue weighted by Gasteiger charge is -2.24. The maximum atomic E-state index is 14.0. The number of hydrogen-bond acceptors (Lipinski definition) is 0. The lowest BCUT2D eigenvalue weighted by atomic mass is 9.81. The van der Waals surface area contributed by atoms with Crippen LogP contribution in [-0.4, -0.2) is 0 Å². The third-order valence-electron chi connectivity index (χ3n) is 4.85. The van der Waals surface area contributed by atoms with Crippen LogP contribution >= 0.6 is 0 Å². The predicted octanol–water partition coefficient (Wildman–Crippen LogP) is 5.26.